The molecule has 0 aliphatic rings. The van der Waals surface area contributed by atoms with E-state index in [4.69, 9.17) is 16.7 Å². The second kappa shape index (κ2) is 8.02. The number of aromatic carboxylic acids is 1. The number of carboxylic acid groups (broad SMARTS) is 1. The lowest BCUT2D eigenvalue weighted by molar-refractivity contribution is 0.0693. The summed E-state index contributed by atoms with van der Waals surface area (Å²) in [6, 6.07) is 10.1. The summed E-state index contributed by atoms with van der Waals surface area (Å²) in [5.74, 6) is -3.52. The van der Waals surface area contributed by atoms with Crippen LogP contribution >= 0.6 is 11.6 Å². The SMILES string of the molecule is O=C(NC(Cc1cccc(C(=O)O)c1O)B(O)O)c1ccc(Cl)cc1. The molecular formula is C16H15BClNO6. The zero-order valence-corrected chi connectivity index (χ0v) is 13.6. The third kappa shape index (κ3) is 4.73. The minimum Gasteiger partial charge on any atom is -0.507 e. The molecule has 2 aromatic rings. The second-order valence-electron chi connectivity index (χ2n) is 5.32. The van der Waals surface area contributed by atoms with E-state index < -0.39 is 30.7 Å². The van der Waals surface area contributed by atoms with Gasteiger partial charge >= 0.3 is 13.1 Å². The normalized spacial score (nSPS) is 11.6. The van der Waals surface area contributed by atoms with Crippen LogP contribution in [0.1, 0.15) is 26.3 Å². The Labute approximate surface area is 148 Å². The summed E-state index contributed by atoms with van der Waals surface area (Å²) in [6.07, 6.45) is -0.177. The number of rotatable bonds is 6. The van der Waals surface area contributed by atoms with Crippen LogP contribution in [0.4, 0.5) is 0 Å². The van der Waals surface area contributed by atoms with E-state index in [-0.39, 0.29) is 23.1 Å². The van der Waals surface area contributed by atoms with Gasteiger partial charge in [0.2, 0.25) is 0 Å². The van der Waals surface area contributed by atoms with Crippen molar-refractivity contribution in [3.05, 3.63) is 64.2 Å². The Kier molecular flexibility index (Phi) is 6.03. The van der Waals surface area contributed by atoms with Crippen LogP contribution in [-0.2, 0) is 6.42 Å². The van der Waals surface area contributed by atoms with Crippen molar-refractivity contribution in [2.45, 2.75) is 12.4 Å². The molecular weight excluding hydrogens is 348 g/mol. The molecule has 0 aromatic heterocycles. The Morgan fingerprint density at radius 3 is 2.32 bits per heavy atom. The van der Waals surface area contributed by atoms with Crippen LogP contribution in [0.5, 0.6) is 5.75 Å². The maximum Gasteiger partial charge on any atom is 0.475 e. The van der Waals surface area contributed by atoms with Crippen molar-refractivity contribution in [3.8, 4) is 5.75 Å². The van der Waals surface area contributed by atoms with Crippen molar-refractivity contribution in [1.82, 2.24) is 5.32 Å². The number of aromatic hydroxyl groups is 1. The maximum absolute atomic E-state index is 12.2. The number of carboxylic acids is 1. The zero-order valence-electron chi connectivity index (χ0n) is 12.9. The minimum absolute atomic E-state index is 0.161. The monoisotopic (exact) mass is 363 g/mol. The number of carbonyl (C=O) groups excluding carboxylic acids is 1. The molecule has 0 saturated carbocycles. The summed E-state index contributed by atoms with van der Waals surface area (Å²) < 4.78 is 0. The molecule has 0 saturated heterocycles. The van der Waals surface area contributed by atoms with E-state index in [2.05, 4.69) is 5.32 Å². The molecule has 0 aliphatic heterocycles. The fraction of sp³-hybridized carbons (Fsp3) is 0.125. The van der Waals surface area contributed by atoms with Gasteiger partial charge in [-0.15, -0.1) is 0 Å². The van der Waals surface area contributed by atoms with Gasteiger partial charge in [-0.1, -0.05) is 23.7 Å². The van der Waals surface area contributed by atoms with Crippen LogP contribution < -0.4 is 5.32 Å². The lowest BCUT2D eigenvalue weighted by atomic mass is 9.75. The Morgan fingerprint density at radius 1 is 1.12 bits per heavy atom. The van der Waals surface area contributed by atoms with Gasteiger partial charge in [-0.05, 0) is 42.3 Å². The van der Waals surface area contributed by atoms with Gasteiger partial charge < -0.3 is 25.6 Å². The molecule has 1 amide bonds. The first kappa shape index (κ1) is 18.8. The van der Waals surface area contributed by atoms with Crippen molar-refractivity contribution in [2.75, 3.05) is 0 Å². The van der Waals surface area contributed by atoms with Crippen LogP contribution in [0.2, 0.25) is 5.02 Å². The summed E-state index contributed by atoms with van der Waals surface area (Å²) in [5.41, 5.74) is 0.112. The van der Waals surface area contributed by atoms with E-state index in [1.54, 1.807) is 0 Å². The molecule has 9 heteroatoms. The van der Waals surface area contributed by atoms with Gasteiger partial charge in [0.15, 0.2) is 0 Å². The predicted molar refractivity (Wildman–Crippen MR) is 91.7 cm³/mol. The number of benzene rings is 2. The molecule has 5 N–H and O–H groups in total. The van der Waals surface area contributed by atoms with Crippen molar-refractivity contribution in [1.29, 1.82) is 0 Å². The van der Waals surface area contributed by atoms with E-state index in [0.717, 1.165) is 0 Å². The molecule has 0 radical (unpaired) electrons. The van der Waals surface area contributed by atoms with Crippen LogP contribution in [0.15, 0.2) is 42.5 Å². The highest BCUT2D eigenvalue weighted by Crippen LogP contribution is 2.24. The van der Waals surface area contributed by atoms with Gasteiger partial charge in [0.25, 0.3) is 5.91 Å². The number of carbonyl (C=O) groups is 2. The number of hydrogen-bond acceptors (Lipinski definition) is 5. The first-order chi connectivity index (χ1) is 11.8. The molecule has 1 unspecified atom stereocenters. The van der Waals surface area contributed by atoms with E-state index in [1.807, 2.05) is 0 Å². The highest BCUT2D eigenvalue weighted by atomic mass is 35.5. The molecule has 130 valence electrons. The lowest BCUT2D eigenvalue weighted by Crippen LogP contribution is -2.47. The maximum atomic E-state index is 12.2. The largest absolute Gasteiger partial charge is 0.507 e. The van der Waals surface area contributed by atoms with Crippen molar-refractivity contribution < 1.29 is 29.9 Å². The Morgan fingerprint density at radius 2 is 1.76 bits per heavy atom. The number of nitrogens with one attached hydrogen (secondary N) is 1. The average molecular weight is 364 g/mol. The molecule has 2 rings (SSSR count). The van der Waals surface area contributed by atoms with Crippen LogP contribution in [0, 0.1) is 0 Å². The topological polar surface area (TPSA) is 127 Å². The van der Waals surface area contributed by atoms with E-state index in [1.165, 1.54) is 42.5 Å². The average Bonchev–Trinajstić information content (AvgIpc) is 2.56. The standard InChI is InChI=1S/C16H15BClNO6/c18-11-6-4-9(5-7-11)15(21)19-13(17(24)25)8-10-2-1-3-12(14(10)20)16(22)23/h1-7,13,20,24-25H,8H2,(H,19,21)(H,22,23). The van der Waals surface area contributed by atoms with Crippen LogP contribution in [0.3, 0.4) is 0 Å². The minimum atomic E-state index is -1.91. The first-order valence-corrected chi connectivity index (χ1v) is 7.64. The van der Waals surface area contributed by atoms with Crippen molar-refractivity contribution in [2.24, 2.45) is 0 Å². The third-order valence-corrected chi connectivity index (χ3v) is 3.82. The number of hydrogen-bond donors (Lipinski definition) is 5. The van der Waals surface area contributed by atoms with Crippen molar-refractivity contribution >= 4 is 30.6 Å². The van der Waals surface area contributed by atoms with Crippen molar-refractivity contribution in [3.63, 3.8) is 0 Å². The smallest absolute Gasteiger partial charge is 0.475 e. The summed E-state index contributed by atoms with van der Waals surface area (Å²) in [6.45, 7) is 0. The zero-order chi connectivity index (χ0) is 18.6. The quantitative estimate of drug-likeness (QED) is 0.489. The van der Waals surface area contributed by atoms with Gasteiger partial charge in [0, 0.05) is 10.6 Å². The van der Waals surface area contributed by atoms with E-state index >= 15 is 0 Å². The van der Waals surface area contributed by atoms with Crippen LogP contribution in [0.25, 0.3) is 0 Å². The number of halogens is 1. The molecule has 0 heterocycles. The van der Waals surface area contributed by atoms with Crippen LogP contribution in [-0.4, -0.2) is 45.2 Å². The Hall–Kier alpha value is -2.55. The fourth-order valence-electron chi connectivity index (χ4n) is 2.25. The molecule has 0 aliphatic carbocycles. The number of phenols is 1. The second-order valence-corrected chi connectivity index (χ2v) is 5.76. The highest BCUT2D eigenvalue weighted by molar-refractivity contribution is 6.43. The van der Waals surface area contributed by atoms with Gasteiger partial charge in [-0.3, -0.25) is 4.79 Å². The van der Waals surface area contributed by atoms with E-state index in [9.17, 15) is 24.7 Å². The molecule has 7 nitrogen and oxygen atoms in total. The molecule has 0 bridgehead atoms. The fourth-order valence-corrected chi connectivity index (χ4v) is 2.38. The van der Waals surface area contributed by atoms with E-state index in [0.29, 0.717) is 5.02 Å². The number of amides is 1. The summed E-state index contributed by atoms with van der Waals surface area (Å²) in [5, 5.41) is 40.9. The predicted octanol–water partition coefficient (Wildman–Crippen LogP) is 1.10. The molecule has 1 atom stereocenters. The molecule has 0 spiro atoms. The summed E-state index contributed by atoms with van der Waals surface area (Å²) in [7, 11) is -1.91. The number of para-hydroxylation sites is 1. The molecule has 25 heavy (non-hydrogen) atoms. The third-order valence-electron chi connectivity index (χ3n) is 3.57. The highest BCUT2D eigenvalue weighted by Gasteiger charge is 2.27. The molecule has 0 fully saturated rings. The van der Waals surface area contributed by atoms with Gasteiger partial charge in [0.1, 0.15) is 11.3 Å². The molecule has 2 aromatic carbocycles. The Balaban J connectivity index is 2.19. The van der Waals surface area contributed by atoms with Gasteiger partial charge in [0.05, 0.1) is 5.94 Å². The summed E-state index contributed by atoms with van der Waals surface area (Å²) >= 11 is 5.75. The summed E-state index contributed by atoms with van der Waals surface area (Å²) in [4.78, 5) is 23.2. The Bertz CT molecular complexity index is 781. The van der Waals surface area contributed by atoms with Gasteiger partial charge in [-0.2, -0.15) is 0 Å². The lowest BCUT2D eigenvalue weighted by Gasteiger charge is -2.19. The van der Waals surface area contributed by atoms with Gasteiger partial charge in [-0.25, -0.2) is 4.79 Å². The first-order valence-electron chi connectivity index (χ1n) is 7.26.